The lowest BCUT2D eigenvalue weighted by Crippen LogP contribution is -2.38. The summed E-state index contributed by atoms with van der Waals surface area (Å²) in [6.07, 6.45) is 24.9. The highest BCUT2D eigenvalue weighted by atomic mass is 19.2. The summed E-state index contributed by atoms with van der Waals surface area (Å²) < 4.78 is 34.6. The number of unbranched alkanes of at least 4 members (excludes halogenated alkanes) is 19. The molecule has 276 valence electrons. The van der Waals surface area contributed by atoms with Gasteiger partial charge in [-0.3, -0.25) is 4.79 Å². The summed E-state index contributed by atoms with van der Waals surface area (Å²) in [6, 6.07) is 11.4. The van der Waals surface area contributed by atoms with Crippen molar-refractivity contribution in [2.45, 2.75) is 160 Å². The highest BCUT2D eigenvalue weighted by Gasteiger charge is 2.40. The third kappa shape index (κ3) is 16.7. The molecule has 0 aliphatic rings. The van der Waals surface area contributed by atoms with E-state index in [2.05, 4.69) is 0 Å². The Labute approximate surface area is 295 Å². The lowest BCUT2D eigenvalue weighted by molar-refractivity contribution is -0.151. The predicted octanol–water partition coefficient (Wildman–Crippen LogP) is 11.0. The van der Waals surface area contributed by atoms with Gasteiger partial charge in [0.05, 0.1) is 12.0 Å². The highest BCUT2D eigenvalue weighted by Crippen LogP contribution is 2.39. The largest absolute Gasteiger partial charge is 0.465 e. The summed E-state index contributed by atoms with van der Waals surface area (Å²) >= 11 is 0. The predicted molar refractivity (Wildman–Crippen MR) is 195 cm³/mol. The van der Waals surface area contributed by atoms with Crippen LogP contribution in [-0.2, 0) is 19.7 Å². The molecule has 2 N–H and O–H groups in total. The van der Waals surface area contributed by atoms with Gasteiger partial charge in [0.2, 0.25) is 0 Å². The first-order chi connectivity index (χ1) is 24.0. The van der Waals surface area contributed by atoms with Crippen LogP contribution in [0.25, 0.3) is 11.1 Å². The Balaban J connectivity index is 1.96. The van der Waals surface area contributed by atoms with E-state index in [0.29, 0.717) is 31.4 Å². The Morgan fingerprint density at radius 2 is 1.08 bits per heavy atom. The second kappa shape index (κ2) is 27.1. The van der Waals surface area contributed by atoms with E-state index >= 15 is 0 Å². The summed E-state index contributed by atoms with van der Waals surface area (Å²) in [5, 5.41) is 18.5. The van der Waals surface area contributed by atoms with E-state index in [4.69, 9.17) is 4.74 Å². The van der Waals surface area contributed by atoms with Crippen LogP contribution in [0, 0.1) is 11.6 Å². The standard InChI is InChI=1S/C42H64F2O5/c43-39-25-23-24-38(40(39)44)36-26-28-37(29-27-36)42(30-17-11-14-20-33-46,31-18-12-15-21-34-47)41(48)49-35-22-16-10-8-6-4-2-1-3-5-7-9-13-19-32-45/h23-29,32,46-47H,1-22,30-31,33-35H2. The number of carbonyl (C=O) groups excluding carboxylic acids is 2. The molecule has 2 rings (SSSR count). The van der Waals surface area contributed by atoms with E-state index < -0.39 is 17.0 Å². The number of aliphatic hydroxyl groups excluding tert-OH is 2. The molecule has 0 fully saturated rings. The van der Waals surface area contributed by atoms with E-state index in [1.165, 1.54) is 63.9 Å². The minimum absolute atomic E-state index is 0.154. The third-order valence-corrected chi connectivity index (χ3v) is 9.81. The number of rotatable bonds is 31. The number of benzene rings is 2. The molecule has 0 saturated carbocycles. The second-order valence-electron chi connectivity index (χ2n) is 13.7. The van der Waals surface area contributed by atoms with Crippen molar-refractivity contribution in [2.24, 2.45) is 0 Å². The number of halogens is 2. The monoisotopic (exact) mass is 686 g/mol. The molecule has 5 nitrogen and oxygen atoms in total. The molecule has 0 aliphatic carbocycles. The van der Waals surface area contributed by atoms with Crippen LogP contribution >= 0.6 is 0 Å². The van der Waals surface area contributed by atoms with Gasteiger partial charge in [0.15, 0.2) is 11.6 Å². The number of aliphatic hydroxyl groups is 2. The van der Waals surface area contributed by atoms with E-state index in [1.54, 1.807) is 18.2 Å². The normalized spacial score (nSPS) is 11.6. The van der Waals surface area contributed by atoms with Crippen LogP contribution in [-0.4, -0.2) is 42.3 Å². The van der Waals surface area contributed by atoms with Crippen LogP contribution in [0.4, 0.5) is 8.78 Å². The van der Waals surface area contributed by atoms with Crippen LogP contribution in [0.3, 0.4) is 0 Å². The van der Waals surface area contributed by atoms with E-state index in [0.717, 1.165) is 95.0 Å². The summed E-state index contributed by atoms with van der Waals surface area (Å²) in [7, 11) is 0. The Bertz CT molecular complexity index is 1120. The smallest absolute Gasteiger partial charge is 0.316 e. The molecule has 2 aromatic rings. The first kappa shape index (κ1) is 42.5. The maximum Gasteiger partial charge on any atom is 0.316 e. The van der Waals surface area contributed by atoms with E-state index in [9.17, 15) is 28.6 Å². The zero-order valence-corrected chi connectivity index (χ0v) is 30.1. The Kier molecular flexibility index (Phi) is 23.5. The SMILES string of the molecule is O=CCCCCCCCCCCCCCCCOC(=O)C(CCCCCCO)(CCCCCCO)c1ccc(-c2cccc(F)c2F)cc1. The van der Waals surface area contributed by atoms with Gasteiger partial charge in [-0.25, -0.2) is 8.78 Å². The number of hydrogen-bond acceptors (Lipinski definition) is 5. The molecule has 0 atom stereocenters. The summed E-state index contributed by atoms with van der Waals surface area (Å²) in [5.74, 6) is -2.00. The van der Waals surface area contributed by atoms with Gasteiger partial charge in [-0.1, -0.05) is 146 Å². The van der Waals surface area contributed by atoms with E-state index in [1.807, 2.05) is 12.1 Å². The highest BCUT2D eigenvalue weighted by molar-refractivity contribution is 5.83. The number of ether oxygens (including phenoxy) is 1. The fourth-order valence-corrected chi connectivity index (χ4v) is 6.79. The van der Waals surface area contributed by atoms with Gasteiger partial charge in [-0.2, -0.15) is 0 Å². The first-order valence-electron chi connectivity index (χ1n) is 19.4. The molecule has 0 aromatic heterocycles. The fourth-order valence-electron chi connectivity index (χ4n) is 6.79. The molecule has 0 aliphatic heterocycles. The molecular formula is C42H64F2O5. The minimum Gasteiger partial charge on any atom is -0.465 e. The van der Waals surface area contributed by atoms with Gasteiger partial charge in [0, 0.05) is 25.2 Å². The van der Waals surface area contributed by atoms with Gasteiger partial charge in [-0.15, -0.1) is 0 Å². The number of aldehydes is 1. The molecule has 0 radical (unpaired) electrons. The maximum atomic E-state index is 14.6. The van der Waals surface area contributed by atoms with Crippen molar-refractivity contribution in [2.75, 3.05) is 19.8 Å². The fraction of sp³-hybridized carbons (Fsp3) is 0.667. The molecule has 0 saturated heterocycles. The van der Waals surface area contributed by atoms with Crippen molar-refractivity contribution in [1.29, 1.82) is 0 Å². The molecule has 0 unspecified atom stereocenters. The molecule has 49 heavy (non-hydrogen) atoms. The number of esters is 1. The number of hydrogen-bond donors (Lipinski definition) is 2. The molecule has 0 heterocycles. The summed E-state index contributed by atoms with van der Waals surface area (Å²) in [5.41, 5.74) is 0.718. The lowest BCUT2D eigenvalue weighted by atomic mass is 9.72. The second-order valence-corrected chi connectivity index (χ2v) is 13.7. The van der Waals surface area contributed by atoms with Gasteiger partial charge >= 0.3 is 5.97 Å². The summed E-state index contributed by atoms with van der Waals surface area (Å²) in [6.45, 7) is 0.692. The van der Waals surface area contributed by atoms with Crippen LogP contribution < -0.4 is 0 Å². The number of carbonyl (C=O) groups is 2. The zero-order chi connectivity index (χ0) is 35.4. The van der Waals surface area contributed by atoms with Crippen LogP contribution in [0.2, 0.25) is 0 Å². The third-order valence-electron chi connectivity index (χ3n) is 9.81. The molecule has 0 amide bonds. The van der Waals surface area contributed by atoms with Gasteiger partial charge in [-0.05, 0) is 55.7 Å². The van der Waals surface area contributed by atoms with Gasteiger partial charge in [0.25, 0.3) is 0 Å². The van der Waals surface area contributed by atoms with Crippen LogP contribution in [0.1, 0.15) is 160 Å². The Morgan fingerprint density at radius 1 is 0.612 bits per heavy atom. The van der Waals surface area contributed by atoms with Crippen molar-refractivity contribution < 1.29 is 33.3 Å². The molecule has 0 bridgehead atoms. The van der Waals surface area contributed by atoms with Crippen molar-refractivity contribution in [3.8, 4) is 11.1 Å². The molecule has 0 spiro atoms. The van der Waals surface area contributed by atoms with Crippen molar-refractivity contribution in [3.63, 3.8) is 0 Å². The quantitative estimate of drug-likeness (QED) is 0.0468. The molecular weight excluding hydrogens is 622 g/mol. The average Bonchev–Trinajstić information content (AvgIpc) is 3.11. The van der Waals surface area contributed by atoms with Crippen LogP contribution in [0.15, 0.2) is 42.5 Å². The Morgan fingerprint density at radius 3 is 1.59 bits per heavy atom. The average molecular weight is 687 g/mol. The van der Waals surface area contributed by atoms with Gasteiger partial charge < -0.3 is 19.7 Å². The Hall–Kier alpha value is -2.64. The summed E-state index contributed by atoms with van der Waals surface area (Å²) in [4.78, 5) is 24.5. The topological polar surface area (TPSA) is 83.8 Å². The van der Waals surface area contributed by atoms with Gasteiger partial charge in [0.1, 0.15) is 6.29 Å². The van der Waals surface area contributed by atoms with Crippen molar-refractivity contribution in [3.05, 3.63) is 59.7 Å². The lowest BCUT2D eigenvalue weighted by Gasteiger charge is -2.33. The zero-order valence-electron chi connectivity index (χ0n) is 30.1. The molecule has 2 aromatic carbocycles. The minimum atomic E-state index is -0.893. The van der Waals surface area contributed by atoms with Crippen LogP contribution in [0.5, 0.6) is 0 Å². The molecule has 7 heteroatoms. The maximum absolute atomic E-state index is 14.6. The first-order valence-corrected chi connectivity index (χ1v) is 19.4. The van der Waals surface area contributed by atoms with Crippen molar-refractivity contribution in [1.82, 2.24) is 0 Å². The van der Waals surface area contributed by atoms with Crippen molar-refractivity contribution >= 4 is 12.3 Å². The van der Waals surface area contributed by atoms with E-state index in [-0.39, 0.29) is 24.7 Å².